The van der Waals surface area contributed by atoms with E-state index in [1.807, 2.05) is 24.3 Å². The maximum Gasteiger partial charge on any atom is 0.347 e. The molecular formula is C11H8BrNO2S. The molecular weight excluding hydrogens is 290 g/mol. The molecule has 5 heteroatoms. The summed E-state index contributed by atoms with van der Waals surface area (Å²) in [7, 11) is 0. The van der Waals surface area contributed by atoms with Gasteiger partial charge in [0.05, 0.1) is 11.2 Å². The molecule has 0 radical (unpaired) electrons. The minimum absolute atomic E-state index is 0.322. The molecule has 0 unspecified atom stereocenters. The van der Waals surface area contributed by atoms with Gasteiger partial charge in [0.25, 0.3) is 0 Å². The van der Waals surface area contributed by atoms with Crippen molar-refractivity contribution in [2.75, 3.05) is 0 Å². The van der Waals surface area contributed by atoms with E-state index < -0.39 is 5.97 Å². The smallest absolute Gasteiger partial charge is 0.347 e. The van der Waals surface area contributed by atoms with Crippen LogP contribution >= 0.6 is 27.3 Å². The Bertz CT molecular complexity index is 507. The Balaban J connectivity index is 2.23. The first-order valence-electron chi connectivity index (χ1n) is 4.57. The molecule has 0 aliphatic heterocycles. The quantitative estimate of drug-likeness (QED) is 0.946. The van der Waals surface area contributed by atoms with Gasteiger partial charge in [0.15, 0.2) is 0 Å². The summed E-state index contributed by atoms with van der Waals surface area (Å²) in [4.78, 5) is 15.3. The number of thiazole rings is 1. The SMILES string of the molecule is O=C(O)c1scnc1Cc1ccc(Br)cc1. The molecule has 1 aromatic heterocycles. The second-order valence-electron chi connectivity index (χ2n) is 3.24. The Morgan fingerprint density at radius 3 is 2.69 bits per heavy atom. The Morgan fingerprint density at radius 1 is 1.38 bits per heavy atom. The summed E-state index contributed by atoms with van der Waals surface area (Å²) in [6.07, 6.45) is 0.554. The topological polar surface area (TPSA) is 50.2 Å². The van der Waals surface area contributed by atoms with Crippen molar-refractivity contribution in [3.8, 4) is 0 Å². The maximum absolute atomic E-state index is 10.9. The summed E-state index contributed by atoms with van der Waals surface area (Å²) in [5, 5.41) is 8.94. The molecule has 0 fully saturated rings. The third-order valence-electron chi connectivity index (χ3n) is 2.12. The highest BCUT2D eigenvalue weighted by molar-refractivity contribution is 9.10. The van der Waals surface area contributed by atoms with Gasteiger partial charge in [-0.25, -0.2) is 9.78 Å². The average molecular weight is 298 g/mol. The van der Waals surface area contributed by atoms with Gasteiger partial charge in [0, 0.05) is 10.9 Å². The van der Waals surface area contributed by atoms with Crippen molar-refractivity contribution < 1.29 is 9.90 Å². The summed E-state index contributed by atoms with van der Waals surface area (Å²) in [5.41, 5.74) is 3.24. The van der Waals surface area contributed by atoms with Gasteiger partial charge in [-0.1, -0.05) is 28.1 Å². The molecule has 2 aromatic rings. The zero-order chi connectivity index (χ0) is 11.5. The number of carboxylic acids is 1. The maximum atomic E-state index is 10.9. The number of hydrogen-bond acceptors (Lipinski definition) is 3. The van der Waals surface area contributed by atoms with Crippen molar-refractivity contribution >= 4 is 33.2 Å². The second-order valence-corrected chi connectivity index (χ2v) is 5.01. The van der Waals surface area contributed by atoms with Crippen LogP contribution in [0.15, 0.2) is 34.2 Å². The fourth-order valence-electron chi connectivity index (χ4n) is 1.36. The second kappa shape index (κ2) is 4.76. The molecule has 1 heterocycles. The summed E-state index contributed by atoms with van der Waals surface area (Å²) < 4.78 is 1.01. The predicted octanol–water partition coefficient (Wildman–Crippen LogP) is 3.19. The van der Waals surface area contributed by atoms with Crippen LogP contribution in [0.5, 0.6) is 0 Å². The summed E-state index contributed by atoms with van der Waals surface area (Å²) in [5.74, 6) is -0.908. The minimum Gasteiger partial charge on any atom is -0.477 e. The van der Waals surface area contributed by atoms with Gasteiger partial charge in [0.2, 0.25) is 0 Å². The third kappa shape index (κ3) is 2.48. The van der Waals surface area contributed by atoms with Crippen LogP contribution in [0.2, 0.25) is 0 Å². The number of hydrogen-bond donors (Lipinski definition) is 1. The van der Waals surface area contributed by atoms with E-state index in [1.54, 1.807) is 5.51 Å². The molecule has 3 nitrogen and oxygen atoms in total. The zero-order valence-corrected chi connectivity index (χ0v) is 10.6. The van der Waals surface area contributed by atoms with Gasteiger partial charge < -0.3 is 5.11 Å². The first-order valence-corrected chi connectivity index (χ1v) is 6.24. The van der Waals surface area contributed by atoms with Crippen molar-refractivity contribution in [3.05, 3.63) is 50.4 Å². The Kier molecular flexibility index (Phi) is 3.36. The largest absolute Gasteiger partial charge is 0.477 e. The first kappa shape index (κ1) is 11.3. The zero-order valence-electron chi connectivity index (χ0n) is 8.18. The molecule has 0 aliphatic rings. The highest BCUT2D eigenvalue weighted by Crippen LogP contribution is 2.18. The van der Waals surface area contributed by atoms with Crippen LogP contribution in [0, 0.1) is 0 Å². The molecule has 16 heavy (non-hydrogen) atoms. The summed E-state index contributed by atoms with van der Waals surface area (Å²) in [6, 6.07) is 7.77. The lowest BCUT2D eigenvalue weighted by atomic mass is 10.1. The van der Waals surface area contributed by atoms with Gasteiger partial charge in [-0.15, -0.1) is 11.3 Å². The van der Waals surface area contributed by atoms with Crippen molar-refractivity contribution in [2.45, 2.75) is 6.42 Å². The predicted molar refractivity (Wildman–Crippen MR) is 66.0 cm³/mol. The Hall–Kier alpha value is -1.20. The molecule has 0 spiro atoms. The number of aromatic carboxylic acids is 1. The Morgan fingerprint density at radius 2 is 2.06 bits per heavy atom. The number of nitrogens with zero attached hydrogens (tertiary/aromatic N) is 1. The van der Waals surface area contributed by atoms with Gasteiger partial charge in [-0.3, -0.25) is 0 Å². The van der Waals surface area contributed by atoms with Crippen LogP contribution in [-0.4, -0.2) is 16.1 Å². The lowest BCUT2D eigenvalue weighted by Gasteiger charge is -2.00. The molecule has 2 rings (SSSR count). The van der Waals surface area contributed by atoms with Crippen molar-refractivity contribution in [3.63, 3.8) is 0 Å². The lowest BCUT2D eigenvalue weighted by Crippen LogP contribution is -1.99. The van der Waals surface area contributed by atoms with Gasteiger partial charge in [0.1, 0.15) is 4.88 Å². The number of halogens is 1. The summed E-state index contributed by atoms with van der Waals surface area (Å²) >= 11 is 4.51. The number of rotatable bonds is 3. The number of aromatic nitrogens is 1. The highest BCUT2D eigenvalue weighted by Gasteiger charge is 2.13. The van der Waals surface area contributed by atoms with Crippen molar-refractivity contribution in [2.24, 2.45) is 0 Å². The monoisotopic (exact) mass is 297 g/mol. The first-order chi connectivity index (χ1) is 7.66. The third-order valence-corrected chi connectivity index (χ3v) is 3.51. The van der Waals surface area contributed by atoms with Crippen molar-refractivity contribution in [1.29, 1.82) is 0 Å². The van der Waals surface area contributed by atoms with Gasteiger partial charge in [-0.05, 0) is 17.7 Å². The fraction of sp³-hybridized carbons (Fsp3) is 0.0909. The molecule has 0 atom stereocenters. The average Bonchev–Trinajstić information content (AvgIpc) is 2.69. The van der Waals surface area contributed by atoms with Crippen LogP contribution < -0.4 is 0 Å². The lowest BCUT2D eigenvalue weighted by molar-refractivity contribution is 0.0701. The normalized spacial score (nSPS) is 10.3. The highest BCUT2D eigenvalue weighted by atomic mass is 79.9. The Labute approximate surface area is 105 Å². The van der Waals surface area contributed by atoms with E-state index in [0.29, 0.717) is 17.0 Å². The molecule has 0 amide bonds. The molecule has 1 N–H and O–H groups in total. The van der Waals surface area contributed by atoms with Gasteiger partial charge in [-0.2, -0.15) is 0 Å². The number of carboxylic acid groups (broad SMARTS) is 1. The van der Waals surface area contributed by atoms with Crippen LogP contribution in [0.4, 0.5) is 0 Å². The molecule has 1 aromatic carbocycles. The van der Waals surface area contributed by atoms with E-state index in [1.165, 1.54) is 0 Å². The number of carbonyl (C=O) groups is 1. The van der Waals surface area contributed by atoms with Crippen molar-refractivity contribution in [1.82, 2.24) is 4.98 Å². The van der Waals surface area contributed by atoms with Crippen LogP contribution in [-0.2, 0) is 6.42 Å². The minimum atomic E-state index is -0.908. The van der Waals surface area contributed by atoms with E-state index in [4.69, 9.17) is 5.11 Å². The molecule has 82 valence electrons. The van der Waals surface area contributed by atoms with E-state index in [-0.39, 0.29) is 0 Å². The fourth-order valence-corrected chi connectivity index (χ4v) is 2.28. The molecule has 0 saturated carbocycles. The molecule has 0 saturated heterocycles. The summed E-state index contributed by atoms with van der Waals surface area (Å²) in [6.45, 7) is 0. The number of benzene rings is 1. The standard InChI is InChI=1S/C11H8BrNO2S/c12-8-3-1-7(2-4-8)5-9-10(11(14)15)16-6-13-9/h1-4,6H,5H2,(H,14,15). The van der Waals surface area contributed by atoms with E-state index in [2.05, 4.69) is 20.9 Å². The van der Waals surface area contributed by atoms with Crippen LogP contribution in [0.25, 0.3) is 0 Å². The van der Waals surface area contributed by atoms with E-state index in [9.17, 15) is 4.79 Å². The van der Waals surface area contributed by atoms with E-state index in [0.717, 1.165) is 21.4 Å². The van der Waals surface area contributed by atoms with Crippen LogP contribution in [0.1, 0.15) is 20.9 Å². The van der Waals surface area contributed by atoms with Crippen LogP contribution in [0.3, 0.4) is 0 Å². The van der Waals surface area contributed by atoms with Gasteiger partial charge >= 0.3 is 5.97 Å². The van der Waals surface area contributed by atoms with E-state index >= 15 is 0 Å². The molecule has 0 aliphatic carbocycles. The molecule has 0 bridgehead atoms.